The lowest BCUT2D eigenvalue weighted by atomic mass is 10.3. The summed E-state index contributed by atoms with van der Waals surface area (Å²) in [4.78, 5) is 4.36. The quantitative estimate of drug-likeness (QED) is 0.777. The van der Waals surface area contributed by atoms with E-state index < -0.39 is 0 Å². The van der Waals surface area contributed by atoms with E-state index in [2.05, 4.69) is 36.2 Å². The lowest BCUT2D eigenvalue weighted by Crippen LogP contribution is -2.08. The Morgan fingerprint density at radius 3 is 2.75 bits per heavy atom. The molecule has 4 nitrogen and oxygen atoms in total. The van der Waals surface area contributed by atoms with E-state index >= 15 is 0 Å². The smallest absolute Gasteiger partial charge is 0.226 e. The topological polar surface area (TPSA) is 51.0 Å². The molecule has 0 unspecified atom stereocenters. The van der Waals surface area contributed by atoms with Crippen LogP contribution in [0.15, 0.2) is 4.52 Å². The first kappa shape index (κ1) is 13.5. The number of rotatable bonds is 6. The van der Waals surface area contributed by atoms with Gasteiger partial charge >= 0.3 is 0 Å². The summed E-state index contributed by atoms with van der Waals surface area (Å²) in [5.74, 6) is 2.37. The van der Waals surface area contributed by atoms with Crippen LogP contribution in [-0.2, 0) is 12.2 Å². The van der Waals surface area contributed by atoms with Gasteiger partial charge in [-0.1, -0.05) is 25.9 Å². The van der Waals surface area contributed by atoms with Gasteiger partial charge in [-0.25, -0.2) is 0 Å². The Labute approximate surface area is 102 Å². The predicted octanol–water partition coefficient (Wildman–Crippen LogP) is 2.25. The van der Waals surface area contributed by atoms with Crippen molar-refractivity contribution in [3.63, 3.8) is 0 Å². The lowest BCUT2D eigenvalue weighted by molar-refractivity contribution is 0.371. The minimum absolute atomic E-state index is 0.243. The van der Waals surface area contributed by atoms with Crippen molar-refractivity contribution in [3.05, 3.63) is 11.7 Å². The van der Waals surface area contributed by atoms with Crippen LogP contribution >= 0.6 is 11.8 Å². The van der Waals surface area contributed by atoms with Gasteiger partial charge in [-0.05, 0) is 20.0 Å². The fraction of sp³-hybridized carbons (Fsp3) is 0.818. The Bertz CT molecular complexity index is 306. The molecule has 0 bridgehead atoms. The van der Waals surface area contributed by atoms with Crippen LogP contribution < -0.4 is 5.32 Å². The molecule has 0 aliphatic rings. The van der Waals surface area contributed by atoms with Gasteiger partial charge < -0.3 is 9.84 Å². The Kier molecular flexibility index (Phi) is 5.28. The summed E-state index contributed by atoms with van der Waals surface area (Å²) in [6, 6.07) is 0. The summed E-state index contributed by atoms with van der Waals surface area (Å²) in [5, 5.41) is 7.07. The van der Waals surface area contributed by atoms with Crippen LogP contribution in [0.5, 0.6) is 0 Å². The summed E-state index contributed by atoms with van der Waals surface area (Å²) >= 11 is 1.83. The maximum absolute atomic E-state index is 5.17. The highest BCUT2D eigenvalue weighted by Gasteiger charge is 2.13. The van der Waals surface area contributed by atoms with Gasteiger partial charge in [0.25, 0.3) is 0 Å². The third-order valence-corrected chi connectivity index (χ3v) is 3.23. The number of thioether (sulfide) groups is 1. The molecule has 0 saturated carbocycles. The second-order valence-corrected chi connectivity index (χ2v) is 6.51. The third kappa shape index (κ3) is 5.51. The summed E-state index contributed by atoms with van der Waals surface area (Å²) in [5.41, 5.74) is 0. The van der Waals surface area contributed by atoms with Crippen molar-refractivity contribution >= 4 is 11.8 Å². The second-order valence-electron chi connectivity index (χ2n) is 4.71. The summed E-state index contributed by atoms with van der Waals surface area (Å²) in [6.45, 7) is 7.54. The number of nitrogens with one attached hydrogen (secondary N) is 1. The van der Waals surface area contributed by atoms with Crippen LogP contribution in [0.2, 0.25) is 0 Å². The first-order chi connectivity index (χ1) is 7.51. The van der Waals surface area contributed by atoms with Crippen LogP contribution in [0.3, 0.4) is 0 Å². The molecule has 0 aliphatic carbocycles. The van der Waals surface area contributed by atoms with Crippen LogP contribution in [0.4, 0.5) is 0 Å². The maximum atomic E-state index is 5.17. The standard InChI is InChI=1S/C11H21N3OS/c1-11(2,3)16-8-9-13-10(15-14-9)6-5-7-12-4/h12H,5-8H2,1-4H3. The molecular weight excluding hydrogens is 222 g/mol. The molecule has 0 amide bonds. The molecule has 0 spiro atoms. The number of nitrogens with zero attached hydrogens (tertiary/aromatic N) is 2. The van der Waals surface area contributed by atoms with E-state index in [0.29, 0.717) is 0 Å². The number of hydrogen-bond donors (Lipinski definition) is 1. The summed E-state index contributed by atoms with van der Waals surface area (Å²) in [7, 11) is 1.94. The van der Waals surface area contributed by atoms with Crippen LogP contribution in [0.25, 0.3) is 0 Å². The van der Waals surface area contributed by atoms with E-state index in [0.717, 1.165) is 36.9 Å². The number of aryl methyl sites for hydroxylation is 1. The van der Waals surface area contributed by atoms with Gasteiger partial charge in [0, 0.05) is 11.2 Å². The van der Waals surface area contributed by atoms with E-state index in [4.69, 9.17) is 4.52 Å². The van der Waals surface area contributed by atoms with Crippen molar-refractivity contribution in [1.82, 2.24) is 15.5 Å². The first-order valence-corrected chi connectivity index (χ1v) is 6.60. The molecule has 0 aromatic carbocycles. The third-order valence-electron chi connectivity index (χ3n) is 1.96. The zero-order valence-electron chi connectivity index (χ0n) is 10.5. The van der Waals surface area contributed by atoms with Crippen molar-refractivity contribution in [1.29, 1.82) is 0 Å². The predicted molar refractivity (Wildman–Crippen MR) is 67.6 cm³/mol. The fourth-order valence-corrected chi connectivity index (χ4v) is 1.83. The first-order valence-electron chi connectivity index (χ1n) is 5.61. The molecule has 5 heteroatoms. The molecule has 1 heterocycles. The maximum Gasteiger partial charge on any atom is 0.226 e. The highest BCUT2D eigenvalue weighted by atomic mass is 32.2. The van der Waals surface area contributed by atoms with Gasteiger partial charge in [0.15, 0.2) is 5.82 Å². The van der Waals surface area contributed by atoms with Gasteiger partial charge in [-0.3, -0.25) is 0 Å². The van der Waals surface area contributed by atoms with Crippen LogP contribution in [0, 0.1) is 0 Å². The number of hydrogen-bond acceptors (Lipinski definition) is 5. The van der Waals surface area contributed by atoms with Crippen molar-refractivity contribution in [2.75, 3.05) is 13.6 Å². The largest absolute Gasteiger partial charge is 0.339 e. The summed E-state index contributed by atoms with van der Waals surface area (Å²) < 4.78 is 5.42. The van der Waals surface area contributed by atoms with Crippen molar-refractivity contribution < 1.29 is 4.52 Å². The second kappa shape index (κ2) is 6.25. The van der Waals surface area contributed by atoms with Gasteiger partial charge in [-0.15, -0.1) is 11.8 Å². The van der Waals surface area contributed by atoms with E-state index in [1.807, 2.05) is 18.8 Å². The molecule has 16 heavy (non-hydrogen) atoms. The number of aromatic nitrogens is 2. The average molecular weight is 243 g/mol. The fourth-order valence-electron chi connectivity index (χ4n) is 1.15. The van der Waals surface area contributed by atoms with Crippen LogP contribution in [-0.4, -0.2) is 28.5 Å². The average Bonchev–Trinajstić information content (AvgIpc) is 2.62. The van der Waals surface area contributed by atoms with Gasteiger partial charge in [0.1, 0.15) is 0 Å². The highest BCUT2D eigenvalue weighted by molar-refractivity contribution is 7.99. The molecule has 0 atom stereocenters. The Morgan fingerprint density at radius 2 is 2.12 bits per heavy atom. The van der Waals surface area contributed by atoms with E-state index in [1.165, 1.54) is 0 Å². The van der Waals surface area contributed by atoms with Crippen molar-refractivity contribution in [2.45, 2.75) is 44.1 Å². The molecule has 1 aromatic rings. The van der Waals surface area contributed by atoms with E-state index in [9.17, 15) is 0 Å². The van der Waals surface area contributed by atoms with Crippen molar-refractivity contribution in [2.24, 2.45) is 0 Å². The van der Waals surface area contributed by atoms with Crippen molar-refractivity contribution in [3.8, 4) is 0 Å². The SMILES string of the molecule is CNCCCc1nc(CSC(C)(C)C)no1. The molecule has 1 aromatic heterocycles. The van der Waals surface area contributed by atoms with Crippen LogP contribution in [0.1, 0.15) is 38.9 Å². The molecule has 0 saturated heterocycles. The highest BCUT2D eigenvalue weighted by Crippen LogP contribution is 2.26. The zero-order valence-corrected chi connectivity index (χ0v) is 11.4. The van der Waals surface area contributed by atoms with Gasteiger partial charge in [0.05, 0.1) is 5.75 Å². The normalized spacial score (nSPS) is 12.0. The Morgan fingerprint density at radius 1 is 1.38 bits per heavy atom. The van der Waals surface area contributed by atoms with E-state index in [-0.39, 0.29) is 4.75 Å². The monoisotopic (exact) mass is 243 g/mol. The molecular formula is C11H21N3OS. The minimum atomic E-state index is 0.243. The van der Waals surface area contributed by atoms with Gasteiger partial charge in [-0.2, -0.15) is 4.98 Å². The van der Waals surface area contributed by atoms with E-state index in [1.54, 1.807) is 0 Å². The zero-order chi connectivity index (χ0) is 12.0. The Hall–Kier alpha value is -0.550. The molecule has 0 fully saturated rings. The molecule has 1 N–H and O–H groups in total. The molecule has 1 rings (SSSR count). The lowest BCUT2D eigenvalue weighted by Gasteiger charge is -2.15. The van der Waals surface area contributed by atoms with Gasteiger partial charge in [0.2, 0.25) is 5.89 Å². The minimum Gasteiger partial charge on any atom is -0.339 e. The molecule has 92 valence electrons. The molecule has 0 aliphatic heterocycles. The summed E-state index contributed by atoms with van der Waals surface area (Å²) in [6.07, 6.45) is 1.89. The molecule has 0 radical (unpaired) electrons. The Balaban J connectivity index is 2.33.